The average molecular weight is 331 g/mol. The molecule has 0 aliphatic carbocycles. The van der Waals surface area contributed by atoms with Crippen LogP contribution in [0.2, 0.25) is 0 Å². The number of rotatable bonds is 4. The average Bonchev–Trinajstić information content (AvgIpc) is 3.05. The van der Waals surface area contributed by atoms with Gasteiger partial charge in [-0.25, -0.2) is 4.79 Å². The Labute approximate surface area is 134 Å². The lowest BCUT2D eigenvalue weighted by Crippen LogP contribution is -2.14. The van der Waals surface area contributed by atoms with Crippen molar-refractivity contribution in [3.8, 4) is 6.01 Å². The zero-order valence-corrected chi connectivity index (χ0v) is 13.3. The van der Waals surface area contributed by atoms with Crippen molar-refractivity contribution in [2.75, 3.05) is 0 Å². The Morgan fingerprint density at radius 3 is 3.00 bits per heavy atom. The lowest BCUT2D eigenvalue weighted by Gasteiger charge is -2.03. The van der Waals surface area contributed by atoms with E-state index in [-0.39, 0.29) is 17.1 Å². The second-order valence-corrected chi connectivity index (χ2v) is 5.69. The normalized spacial score (nSPS) is 11.8. The first-order valence-electron chi connectivity index (χ1n) is 6.91. The van der Waals surface area contributed by atoms with Gasteiger partial charge < -0.3 is 9.25 Å². The monoisotopic (exact) mass is 331 g/mol. The number of nitrogens with one attached hydrogen (secondary N) is 1. The van der Waals surface area contributed by atoms with Crippen LogP contribution < -0.4 is 16.0 Å². The number of fused-ring (bicyclic) bond motifs is 1. The van der Waals surface area contributed by atoms with Crippen LogP contribution in [0.1, 0.15) is 24.3 Å². The molecule has 118 valence electrons. The number of aromatic amines is 1. The number of thiophene rings is 1. The Balaban J connectivity index is 2.02. The fraction of sp³-hybridized carbons (Fsp3) is 0.200. The molecule has 0 radical (unpaired) electrons. The van der Waals surface area contributed by atoms with Crippen LogP contribution in [0.15, 0.2) is 42.7 Å². The number of hydrogen-bond donors (Lipinski definition) is 1. The van der Waals surface area contributed by atoms with Gasteiger partial charge in [0.15, 0.2) is 0 Å². The van der Waals surface area contributed by atoms with E-state index in [0.717, 1.165) is 4.88 Å². The van der Waals surface area contributed by atoms with E-state index >= 15 is 0 Å². The molecule has 0 unspecified atom stereocenters. The van der Waals surface area contributed by atoms with Crippen LogP contribution in [0.3, 0.4) is 0 Å². The SMILES string of the molecule is CCc1cc(=O)oc2nc(O/N=C(/C)c3cccs3)[nH]c(=O)c12. The predicted octanol–water partition coefficient (Wildman–Crippen LogP) is 2.30. The molecule has 0 amide bonds. The minimum atomic E-state index is -0.559. The molecule has 3 heterocycles. The Morgan fingerprint density at radius 2 is 2.30 bits per heavy atom. The van der Waals surface area contributed by atoms with Crippen molar-refractivity contribution < 1.29 is 9.25 Å². The number of aryl methyl sites for hydroxylation is 1. The molecule has 0 atom stereocenters. The van der Waals surface area contributed by atoms with E-state index in [4.69, 9.17) is 9.25 Å². The maximum absolute atomic E-state index is 12.2. The summed E-state index contributed by atoms with van der Waals surface area (Å²) in [6, 6.07) is 4.96. The van der Waals surface area contributed by atoms with Gasteiger partial charge in [-0.3, -0.25) is 9.78 Å². The van der Waals surface area contributed by atoms with E-state index < -0.39 is 11.2 Å². The maximum atomic E-state index is 12.2. The van der Waals surface area contributed by atoms with Crippen LogP contribution in [-0.2, 0) is 6.42 Å². The predicted molar refractivity (Wildman–Crippen MR) is 87.4 cm³/mol. The van der Waals surface area contributed by atoms with E-state index in [0.29, 0.717) is 17.7 Å². The number of nitrogens with zero attached hydrogens (tertiary/aromatic N) is 2. The summed E-state index contributed by atoms with van der Waals surface area (Å²) in [7, 11) is 0. The second kappa shape index (κ2) is 6.17. The molecule has 3 aromatic rings. The Morgan fingerprint density at radius 1 is 1.48 bits per heavy atom. The topological polar surface area (TPSA) is 97.5 Å². The summed E-state index contributed by atoms with van der Waals surface area (Å²) in [5.41, 5.74) is 0.171. The van der Waals surface area contributed by atoms with Crippen molar-refractivity contribution in [2.45, 2.75) is 20.3 Å². The molecule has 7 nitrogen and oxygen atoms in total. The molecule has 0 aliphatic rings. The summed E-state index contributed by atoms with van der Waals surface area (Å²) in [5.74, 6) is 0. The highest BCUT2D eigenvalue weighted by Crippen LogP contribution is 2.14. The van der Waals surface area contributed by atoms with Crippen LogP contribution in [-0.4, -0.2) is 15.7 Å². The van der Waals surface area contributed by atoms with Gasteiger partial charge in [0, 0.05) is 6.07 Å². The van der Waals surface area contributed by atoms with Gasteiger partial charge in [0.25, 0.3) is 5.56 Å². The van der Waals surface area contributed by atoms with Crippen molar-refractivity contribution in [1.29, 1.82) is 0 Å². The fourth-order valence-corrected chi connectivity index (χ4v) is 2.76. The maximum Gasteiger partial charge on any atom is 0.337 e. The molecule has 0 fully saturated rings. The smallest absolute Gasteiger partial charge is 0.337 e. The summed E-state index contributed by atoms with van der Waals surface area (Å²) in [4.78, 5) is 36.3. The van der Waals surface area contributed by atoms with Crippen molar-refractivity contribution in [3.63, 3.8) is 0 Å². The van der Waals surface area contributed by atoms with Gasteiger partial charge in [-0.2, -0.15) is 4.98 Å². The summed E-state index contributed by atoms with van der Waals surface area (Å²) < 4.78 is 4.99. The van der Waals surface area contributed by atoms with Gasteiger partial charge in [0.05, 0.1) is 10.6 Å². The van der Waals surface area contributed by atoms with E-state index in [2.05, 4.69) is 15.1 Å². The van der Waals surface area contributed by atoms with Crippen LogP contribution >= 0.6 is 11.3 Å². The van der Waals surface area contributed by atoms with E-state index in [1.165, 1.54) is 17.4 Å². The fourth-order valence-electron chi connectivity index (χ4n) is 2.09. The van der Waals surface area contributed by atoms with Gasteiger partial charge in [-0.1, -0.05) is 18.1 Å². The van der Waals surface area contributed by atoms with Crippen LogP contribution in [0.25, 0.3) is 11.1 Å². The van der Waals surface area contributed by atoms with Gasteiger partial charge in [-0.05, 0) is 30.4 Å². The largest absolute Gasteiger partial charge is 0.403 e. The quantitative estimate of drug-likeness (QED) is 0.584. The molecule has 3 aromatic heterocycles. The minimum absolute atomic E-state index is 0.0583. The third-order valence-corrected chi connectivity index (χ3v) is 4.18. The minimum Gasteiger partial charge on any atom is -0.403 e. The van der Waals surface area contributed by atoms with Gasteiger partial charge in [-0.15, -0.1) is 11.3 Å². The highest BCUT2D eigenvalue weighted by atomic mass is 32.1. The zero-order valence-electron chi connectivity index (χ0n) is 12.5. The van der Waals surface area contributed by atoms with Crippen molar-refractivity contribution >= 4 is 28.1 Å². The highest BCUT2D eigenvalue weighted by Gasteiger charge is 2.12. The molecule has 0 aromatic carbocycles. The number of hydrogen-bond acceptors (Lipinski definition) is 7. The summed E-state index contributed by atoms with van der Waals surface area (Å²) >= 11 is 1.52. The third kappa shape index (κ3) is 3.07. The molecule has 0 bridgehead atoms. The summed E-state index contributed by atoms with van der Waals surface area (Å²) in [5, 5.41) is 6.10. The highest BCUT2D eigenvalue weighted by molar-refractivity contribution is 7.12. The number of aromatic nitrogens is 2. The third-order valence-electron chi connectivity index (χ3n) is 3.20. The Kier molecular flexibility index (Phi) is 4.07. The first kappa shape index (κ1) is 15.2. The first-order valence-corrected chi connectivity index (χ1v) is 7.79. The molecular formula is C15H13N3O4S. The van der Waals surface area contributed by atoms with E-state index in [1.807, 2.05) is 24.4 Å². The van der Waals surface area contributed by atoms with Gasteiger partial charge >= 0.3 is 11.6 Å². The van der Waals surface area contributed by atoms with Crippen molar-refractivity contribution in [1.82, 2.24) is 9.97 Å². The molecule has 0 spiro atoms. The standard InChI is InChI=1S/C15H13N3O4S/c1-3-9-7-11(19)21-14-12(9)13(20)16-15(17-14)22-18-8(2)10-5-4-6-23-10/h4-7H,3H2,1-2H3,(H,16,17,20)/b18-8-. The second-order valence-electron chi connectivity index (χ2n) is 4.74. The van der Waals surface area contributed by atoms with Crippen molar-refractivity contribution in [2.24, 2.45) is 5.16 Å². The summed E-state index contributed by atoms with van der Waals surface area (Å²) in [6.07, 6.45) is 0.517. The lowest BCUT2D eigenvalue weighted by molar-refractivity contribution is 0.311. The zero-order chi connectivity index (χ0) is 16.4. The summed E-state index contributed by atoms with van der Waals surface area (Å²) in [6.45, 7) is 3.62. The molecule has 1 N–H and O–H groups in total. The van der Waals surface area contributed by atoms with Crippen LogP contribution in [0.5, 0.6) is 6.01 Å². The lowest BCUT2D eigenvalue weighted by atomic mass is 10.1. The van der Waals surface area contributed by atoms with Crippen LogP contribution in [0.4, 0.5) is 0 Å². The molecule has 3 rings (SSSR count). The molecule has 23 heavy (non-hydrogen) atoms. The van der Waals surface area contributed by atoms with Crippen LogP contribution in [0, 0.1) is 0 Å². The van der Waals surface area contributed by atoms with Gasteiger partial charge in [0.1, 0.15) is 5.39 Å². The number of oxime groups is 1. The Hall–Kier alpha value is -2.74. The molecule has 0 saturated carbocycles. The Bertz CT molecular complexity index is 986. The number of H-pyrrole nitrogens is 1. The van der Waals surface area contributed by atoms with Gasteiger partial charge in [0.2, 0.25) is 5.71 Å². The molecular weight excluding hydrogens is 318 g/mol. The van der Waals surface area contributed by atoms with E-state index in [1.54, 1.807) is 6.92 Å². The van der Waals surface area contributed by atoms with E-state index in [9.17, 15) is 9.59 Å². The molecule has 0 aliphatic heterocycles. The molecule has 0 saturated heterocycles. The first-order chi connectivity index (χ1) is 11.1. The van der Waals surface area contributed by atoms with Crippen molar-refractivity contribution in [3.05, 3.63) is 54.8 Å². The molecule has 8 heteroatoms.